The number of hydrogen-bond donors (Lipinski definition) is 1. The first-order chi connectivity index (χ1) is 11.8. The number of carbonyl (C=O) groups is 2. The van der Waals surface area contributed by atoms with Crippen LogP contribution in [0.2, 0.25) is 0 Å². The van der Waals surface area contributed by atoms with E-state index in [1.807, 2.05) is 49.9 Å². The van der Waals surface area contributed by atoms with E-state index in [0.29, 0.717) is 26.2 Å². The predicted octanol–water partition coefficient (Wildman–Crippen LogP) is 2.73. The van der Waals surface area contributed by atoms with Gasteiger partial charge < -0.3 is 15.0 Å². The quantitative estimate of drug-likeness (QED) is 0.892. The van der Waals surface area contributed by atoms with Crippen molar-refractivity contribution in [3.63, 3.8) is 0 Å². The summed E-state index contributed by atoms with van der Waals surface area (Å²) in [4.78, 5) is 26.7. The molecule has 1 fully saturated rings. The number of nitrogens with zero attached hydrogens (tertiary/aromatic N) is 1. The van der Waals surface area contributed by atoms with Crippen LogP contribution in [0.4, 0.5) is 0 Å². The van der Waals surface area contributed by atoms with Crippen LogP contribution in [0, 0.1) is 11.3 Å². The number of carbonyl (C=O) groups excluding carboxylic acids is 2. The van der Waals surface area contributed by atoms with Gasteiger partial charge in [0.05, 0.1) is 6.61 Å². The number of rotatable bonds is 5. The Hall–Kier alpha value is -1.88. The number of hydrogen-bond acceptors (Lipinski definition) is 3. The fourth-order valence-corrected chi connectivity index (χ4v) is 3.17. The van der Waals surface area contributed by atoms with Crippen molar-refractivity contribution in [3.05, 3.63) is 35.4 Å². The van der Waals surface area contributed by atoms with E-state index >= 15 is 0 Å². The number of methoxy groups -OCH3 is 1. The fraction of sp³-hybridized carbons (Fsp3) is 0.600. The third-order valence-corrected chi connectivity index (χ3v) is 4.67. The van der Waals surface area contributed by atoms with E-state index in [-0.39, 0.29) is 23.1 Å². The molecule has 0 aliphatic carbocycles. The standard InChI is InChI=1S/C20H30N2O3/c1-20(2,3)19(24)22-11-9-15(10-12-22)18(23)21-13-16-7-5-6-8-17(16)14-25-4/h5-8,15H,9-14H2,1-4H3,(H,21,23). The monoisotopic (exact) mass is 346 g/mol. The van der Waals surface area contributed by atoms with Crippen LogP contribution in [0.1, 0.15) is 44.7 Å². The third kappa shape index (κ3) is 5.30. The maximum absolute atomic E-state index is 12.5. The van der Waals surface area contributed by atoms with E-state index in [9.17, 15) is 9.59 Å². The van der Waals surface area contributed by atoms with E-state index < -0.39 is 0 Å². The molecule has 0 saturated carbocycles. The lowest BCUT2D eigenvalue weighted by Crippen LogP contribution is -2.46. The van der Waals surface area contributed by atoms with Crippen LogP contribution in [0.3, 0.4) is 0 Å². The second kappa shape index (κ2) is 8.48. The molecule has 0 aromatic heterocycles. The van der Waals surface area contributed by atoms with Gasteiger partial charge in [-0.2, -0.15) is 0 Å². The van der Waals surface area contributed by atoms with Crippen molar-refractivity contribution in [1.29, 1.82) is 0 Å². The summed E-state index contributed by atoms with van der Waals surface area (Å²) in [7, 11) is 1.67. The van der Waals surface area contributed by atoms with Crippen LogP contribution < -0.4 is 5.32 Å². The molecule has 5 heteroatoms. The minimum Gasteiger partial charge on any atom is -0.380 e. The molecule has 0 bridgehead atoms. The first kappa shape index (κ1) is 19.4. The zero-order valence-corrected chi connectivity index (χ0v) is 15.8. The van der Waals surface area contributed by atoms with Gasteiger partial charge in [-0.1, -0.05) is 45.0 Å². The van der Waals surface area contributed by atoms with Gasteiger partial charge in [0.25, 0.3) is 0 Å². The van der Waals surface area contributed by atoms with Crippen LogP contribution in [-0.4, -0.2) is 36.9 Å². The van der Waals surface area contributed by atoms with Gasteiger partial charge in [-0.05, 0) is 24.0 Å². The van der Waals surface area contributed by atoms with Crippen molar-refractivity contribution in [2.24, 2.45) is 11.3 Å². The summed E-state index contributed by atoms with van der Waals surface area (Å²) in [5.74, 6) is 0.230. The lowest BCUT2D eigenvalue weighted by Gasteiger charge is -2.35. The second-order valence-corrected chi connectivity index (χ2v) is 7.74. The van der Waals surface area contributed by atoms with Crippen LogP contribution in [0.25, 0.3) is 0 Å². The largest absolute Gasteiger partial charge is 0.380 e. The molecule has 0 radical (unpaired) electrons. The molecule has 1 aromatic carbocycles. The Morgan fingerprint density at radius 1 is 1.16 bits per heavy atom. The molecule has 25 heavy (non-hydrogen) atoms. The summed E-state index contributed by atoms with van der Waals surface area (Å²) in [5, 5.41) is 3.04. The van der Waals surface area contributed by atoms with E-state index in [1.165, 1.54) is 0 Å². The van der Waals surface area contributed by atoms with Crippen molar-refractivity contribution in [2.45, 2.75) is 46.8 Å². The molecule has 1 heterocycles. The summed E-state index contributed by atoms with van der Waals surface area (Å²) >= 11 is 0. The molecule has 1 saturated heterocycles. The average molecular weight is 346 g/mol. The first-order valence-electron chi connectivity index (χ1n) is 8.95. The molecule has 1 aromatic rings. The van der Waals surface area contributed by atoms with Gasteiger partial charge in [-0.3, -0.25) is 9.59 Å². The molecule has 2 rings (SSSR count). The minimum absolute atomic E-state index is 0.0152. The Morgan fingerprint density at radius 2 is 1.76 bits per heavy atom. The highest BCUT2D eigenvalue weighted by Crippen LogP contribution is 2.23. The minimum atomic E-state index is -0.361. The van der Waals surface area contributed by atoms with E-state index in [2.05, 4.69) is 5.32 Å². The predicted molar refractivity (Wildman–Crippen MR) is 97.8 cm³/mol. The number of benzene rings is 1. The maximum atomic E-state index is 12.5. The molecule has 0 unspecified atom stereocenters. The summed E-state index contributed by atoms with van der Waals surface area (Å²) < 4.78 is 5.20. The Labute approximate surface area is 150 Å². The summed E-state index contributed by atoms with van der Waals surface area (Å²) in [6, 6.07) is 7.97. The van der Waals surface area contributed by atoms with Crippen molar-refractivity contribution >= 4 is 11.8 Å². The van der Waals surface area contributed by atoms with Gasteiger partial charge >= 0.3 is 0 Å². The fourth-order valence-electron chi connectivity index (χ4n) is 3.17. The molecule has 138 valence electrons. The molecular weight excluding hydrogens is 316 g/mol. The molecular formula is C20H30N2O3. The Morgan fingerprint density at radius 3 is 2.32 bits per heavy atom. The number of piperidine rings is 1. The number of amides is 2. The normalized spacial score (nSPS) is 15.9. The highest BCUT2D eigenvalue weighted by atomic mass is 16.5. The van der Waals surface area contributed by atoms with Crippen LogP contribution in [0.15, 0.2) is 24.3 Å². The van der Waals surface area contributed by atoms with Gasteiger partial charge in [0.2, 0.25) is 11.8 Å². The van der Waals surface area contributed by atoms with E-state index in [4.69, 9.17) is 4.74 Å². The van der Waals surface area contributed by atoms with Gasteiger partial charge in [0.1, 0.15) is 0 Å². The molecule has 5 nitrogen and oxygen atoms in total. The van der Waals surface area contributed by atoms with Gasteiger partial charge in [-0.15, -0.1) is 0 Å². The Balaban J connectivity index is 1.84. The molecule has 1 N–H and O–H groups in total. The SMILES string of the molecule is COCc1ccccc1CNC(=O)C1CCN(C(=O)C(C)(C)C)CC1. The second-order valence-electron chi connectivity index (χ2n) is 7.74. The van der Waals surface area contributed by atoms with Gasteiger partial charge in [0.15, 0.2) is 0 Å². The van der Waals surface area contributed by atoms with E-state index in [1.54, 1.807) is 7.11 Å². The number of nitrogens with one attached hydrogen (secondary N) is 1. The van der Waals surface area contributed by atoms with Crippen LogP contribution in [0.5, 0.6) is 0 Å². The number of ether oxygens (including phenoxy) is 1. The molecule has 1 aliphatic heterocycles. The lowest BCUT2D eigenvalue weighted by atomic mass is 9.90. The molecule has 0 atom stereocenters. The van der Waals surface area contributed by atoms with Crippen molar-refractivity contribution in [3.8, 4) is 0 Å². The van der Waals surface area contributed by atoms with Gasteiger partial charge in [-0.25, -0.2) is 0 Å². The van der Waals surface area contributed by atoms with Crippen molar-refractivity contribution in [2.75, 3.05) is 20.2 Å². The topological polar surface area (TPSA) is 58.6 Å². The van der Waals surface area contributed by atoms with Crippen LogP contribution in [-0.2, 0) is 27.5 Å². The molecule has 2 amide bonds. The van der Waals surface area contributed by atoms with Crippen molar-refractivity contribution in [1.82, 2.24) is 10.2 Å². The van der Waals surface area contributed by atoms with E-state index in [0.717, 1.165) is 24.0 Å². The highest BCUT2D eigenvalue weighted by molar-refractivity contribution is 5.82. The summed E-state index contributed by atoms with van der Waals surface area (Å²) in [6.45, 7) is 8.19. The Kier molecular flexibility index (Phi) is 6.59. The summed E-state index contributed by atoms with van der Waals surface area (Å²) in [5.41, 5.74) is 1.81. The van der Waals surface area contributed by atoms with Crippen molar-refractivity contribution < 1.29 is 14.3 Å². The smallest absolute Gasteiger partial charge is 0.227 e. The third-order valence-electron chi connectivity index (χ3n) is 4.67. The molecule has 1 aliphatic rings. The summed E-state index contributed by atoms with van der Waals surface area (Å²) in [6.07, 6.45) is 1.46. The number of likely N-dealkylation sites (tertiary alicyclic amines) is 1. The molecule has 0 spiro atoms. The zero-order valence-electron chi connectivity index (χ0n) is 15.8. The average Bonchev–Trinajstić information content (AvgIpc) is 2.59. The first-order valence-corrected chi connectivity index (χ1v) is 8.95. The Bertz CT molecular complexity index is 599. The maximum Gasteiger partial charge on any atom is 0.227 e. The zero-order chi connectivity index (χ0) is 18.4. The van der Waals surface area contributed by atoms with Gasteiger partial charge in [0, 0.05) is 38.1 Å². The lowest BCUT2D eigenvalue weighted by molar-refractivity contribution is -0.142. The highest BCUT2D eigenvalue weighted by Gasteiger charge is 2.32. The van der Waals surface area contributed by atoms with Crippen LogP contribution >= 0.6 is 0 Å².